The monoisotopic (exact) mass is 858 g/mol. The van der Waals surface area contributed by atoms with Gasteiger partial charge in [0.1, 0.15) is 0 Å². The van der Waals surface area contributed by atoms with Gasteiger partial charge in [0.2, 0.25) is 0 Å². The Hall–Kier alpha value is -8.98. The third-order valence-electron chi connectivity index (χ3n) is 15.4. The van der Waals surface area contributed by atoms with Gasteiger partial charge in [-0.25, -0.2) is 0 Å². The molecule has 4 heterocycles. The number of nitrogens with zero attached hydrogens (tertiary/aromatic N) is 2. The molecule has 0 amide bonds. The summed E-state index contributed by atoms with van der Waals surface area (Å²) in [6.07, 6.45) is 0. The highest BCUT2D eigenvalue weighted by molar-refractivity contribution is 6.30. The summed E-state index contributed by atoms with van der Waals surface area (Å²) in [4.78, 5) is 0. The zero-order valence-corrected chi connectivity index (χ0v) is 36.8. The second-order valence-electron chi connectivity index (χ2n) is 18.7. The highest BCUT2D eigenvalue weighted by atomic mass is 14.9. The zero-order valence-electron chi connectivity index (χ0n) is 36.8. The van der Waals surface area contributed by atoms with E-state index < -0.39 is 0 Å². The Morgan fingerprint density at radius 3 is 1.24 bits per heavy atom. The molecule has 0 saturated heterocycles. The molecule has 16 rings (SSSR count). The van der Waals surface area contributed by atoms with Crippen molar-refractivity contribution in [3.05, 3.63) is 231 Å². The summed E-state index contributed by atoms with van der Waals surface area (Å²) in [5.74, 6) is 0. The fourth-order valence-corrected chi connectivity index (χ4v) is 12.7. The zero-order chi connectivity index (χ0) is 44.2. The molecule has 0 radical (unpaired) electrons. The molecule has 312 valence electrons. The first kappa shape index (κ1) is 36.3. The van der Waals surface area contributed by atoms with Crippen molar-refractivity contribution in [1.82, 2.24) is 8.80 Å². The molecule has 0 unspecified atom stereocenters. The predicted molar refractivity (Wildman–Crippen MR) is 290 cm³/mol. The van der Waals surface area contributed by atoms with Crippen LogP contribution in [0.1, 0.15) is 0 Å². The molecule has 0 saturated carbocycles. The fraction of sp³-hybridized carbons (Fsp3) is 0. The van der Waals surface area contributed by atoms with Gasteiger partial charge in [-0.05, 0) is 119 Å². The van der Waals surface area contributed by atoms with Crippen molar-refractivity contribution in [3.8, 4) is 44.5 Å². The summed E-state index contributed by atoms with van der Waals surface area (Å²) in [6.45, 7) is 0. The Balaban J connectivity index is 1.07. The molecule has 2 nitrogen and oxygen atoms in total. The Morgan fingerprint density at radius 1 is 0.221 bits per heavy atom. The molecule has 4 aromatic heterocycles. The number of benzene rings is 12. The van der Waals surface area contributed by atoms with E-state index in [1.165, 1.54) is 153 Å². The van der Waals surface area contributed by atoms with Crippen LogP contribution in [-0.2, 0) is 0 Å². The summed E-state index contributed by atoms with van der Waals surface area (Å²) in [5, 5.41) is 17.8. The van der Waals surface area contributed by atoms with Gasteiger partial charge < -0.3 is 8.80 Å². The van der Waals surface area contributed by atoms with E-state index in [2.05, 4.69) is 239 Å². The standard InChI is InChI=1S/C66H38N2/c1-2-16-39(17-3-1)41-36-40-18-4-5-19-42(40)57(37-41)62-49-24-10-22-43(47-26-14-34-60-63(47)53-30-12-28-51-45-20-6-8-32-58(45)67(60)65(51)53)55(49)38-56-44(23-11-25-50(56)62)48-27-15-35-61-64(48)54-31-13-29-52-46-21-7-9-33-59(46)68(61)66(52)54/h1-38H. The van der Waals surface area contributed by atoms with Crippen LogP contribution in [0.25, 0.3) is 153 Å². The van der Waals surface area contributed by atoms with Crippen LogP contribution in [0.5, 0.6) is 0 Å². The van der Waals surface area contributed by atoms with Crippen molar-refractivity contribution < 1.29 is 0 Å². The molecule has 0 bridgehead atoms. The van der Waals surface area contributed by atoms with Crippen LogP contribution in [0.15, 0.2) is 231 Å². The van der Waals surface area contributed by atoms with Crippen LogP contribution in [-0.4, -0.2) is 8.80 Å². The third-order valence-corrected chi connectivity index (χ3v) is 15.4. The van der Waals surface area contributed by atoms with Gasteiger partial charge in [-0.15, -0.1) is 0 Å². The maximum Gasteiger partial charge on any atom is 0.0620 e. The molecule has 2 heteroatoms. The van der Waals surface area contributed by atoms with Crippen LogP contribution < -0.4 is 0 Å². The van der Waals surface area contributed by atoms with Gasteiger partial charge in [0.05, 0.1) is 33.1 Å². The lowest BCUT2D eigenvalue weighted by molar-refractivity contribution is 1.37. The summed E-state index contributed by atoms with van der Waals surface area (Å²) < 4.78 is 5.00. The van der Waals surface area contributed by atoms with Crippen LogP contribution in [0.4, 0.5) is 0 Å². The number of hydrogen-bond donors (Lipinski definition) is 0. The SMILES string of the molecule is c1ccc(-c2cc(-c3c4cccc(-c5cccc6c5c5cccc7c8ccccc8n6c75)c4cc4c(-c5cccc6c5c5cccc7c8ccccc8n6c75)cccc34)c3ccccc3c2)cc1. The Labute approximate surface area is 390 Å². The van der Waals surface area contributed by atoms with Crippen molar-refractivity contribution in [2.45, 2.75) is 0 Å². The first-order chi connectivity index (χ1) is 33.8. The Bertz CT molecular complexity index is 4540. The van der Waals surface area contributed by atoms with E-state index in [9.17, 15) is 0 Å². The third kappa shape index (κ3) is 4.66. The molecule has 0 spiro atoms. The highest BCUT2D eigenvalue weighted by Crippen LogP contribution is 2.50. The second kappa shape index (κ2) is 13.3. The van der Waals surface area contributed by atoms with Crippen LogP contribution in [0.2, 0.25) is 0 Å². The molecule has 12 aromatic carbocycles. The summed E-state index contributed by atoms with van der Waals surface area (Å²) in [7, 11) is 0. The number of para-hydroxylation sites is 4. The second-order valence-corrected chi connectivity index (χ2v) is 18.7. The summed E-state index contributed by atoms with van der Waals surface area (Å²) in [5.41, 5.74) is 17.4. The van der Waals surface area contributed by atoms with Crippen LogP contribution in [0, 0.1) is 0 Å². The van der Waals surface area contributed by atoms with E-state index in [4.69, 9.17) is 0 Å². The van der Waals surface area contributed by atoms with Crippen molar-refractivity contribution in [2.75, 3.05) is 0 Å². The molecule has 0 aliphatic heterocycles. The topological polar surface area (TPSA) is 8.82 Å². The van der Waals surface area contributed by atoms with Gasteiger partial charge >= 0.3 is 0 Å². The van der Waals surface area contributed by atoms with E-state index in [1.54, 1.807) is 0 Å². The van der Waals surface area contributed by atoms with E-state index in [0.717, 1.165) is 0 Å². The largest absolute Gasteiger partial charge is 0.308 e. The first-order valence-corrected chi connectivity index (χ1v) is 23.7. The van der Waals surface area contributed by atoms with Gasteiger partial charge in [0.25, 0.3) is 0 Å². The number of rotatable bonds is 4. The quantitative estimate of drug-likeness (QED) is 0.156. The lowest BCUT2D eigenvalue weighted by Gasteiger charge is -2.20. The lowest BCUT2D eigenvalue weighted by atomic mass is 9.83. The van der Waals surface area contributed by atoms with Gasteiger partial charge in [-0.3, -0.25) is 0 Å². The van der Waals surface area contributed by atoms with Crippen LogP contribution in [0.3, 0.4) is 0 Å². The number of aromatic nitrogens is 2. The molecule has 0 N–H and O–H groups in total. The molecular weight excluding hydrogens is 821 g/mol. The van der Waals surface area contributed by atoms with E-state index in [-0.39, 0.29) is 0 Å². The van der Waals surface area contributed by atoms with Gasteiger partial charge in [0.15, 0.2) is 0 Å². The highest BCUT2D eigenvalue weighted by Gasteiger charge is 2.25. The minimum Gasteiger partial charge on any atom is -0.308 e. The molecule has 0 atom stereocenters. The Kier molecular flexibility index (Phi) is 7.10. The van der Waals surface area contributed by atoms with E-state index >= 15 is 0 Å². The maximum atomic E-state index is 2.53. The molecule has 68 heavy (non-hydrogen) atoms. The van der Waals surface area contributed by atoms with E-state index in [1.807, 2.05) is 0 Å². The number of hydrogen-bond acceptors (Lipinski definition) is 0. The molecule has 0 aliphatic carbocycles. The molecule has 0 fully saturated rings. The lowest BCUT2D eigenvalue weighted by Crippen LogP contribution is -1.93. The maximum absolute atomic E-state index is 2.53. The average molecular weight is 859 g/mol. The molecular formula is C66H38N2. The fourth-order valence-electron chi connectivity index (χ4n) is 12.7. The van der Waals surface area contributed by atoms with Gasteiger partial charge in [-0.2, -0.15) is 0 Å². The first-order valence-electron chi connectivity index (χ1n) is 23.7. The van der Waals surface area contributed by atoms with Crippen molar-refractivity contribution >= 4 is 109 Å². The number of fused-ring (bicyclic) bond motifs is 15. The smallest absolute Gasteiger partial charge is 0.0620 e. The van der Waals surface area contributed by atoms with Gasteiger partial charge in [0, 0.05) is 43.1 Å². The Morgan fingerprint density at radius 2 is 0.647 bits per heavy atom. The van der Waals surface area contributed by atoms with E-state index in [0.29, 0.717) is 0 Å². The minimum absolute atomic E-state index is 1.21. The van der Waals surface area contributed by atoms with Crippen LogP contribution >= 0.6 is 0 Å². The summed E-state index contributed by atoms with van der Waals surface area (Å²) >= 11 is 0. The molecule has 16 aromatic rings. The average Bonchev–Trinajstić information content (AvgIpc) is 4.14. The minimum atomic E-state index is 1.21. The van der Waals surface area contributed by atoms with Gasteiger partial charge in [-0.1, -0.05) is 188 Å². The van der Waals surface area contributed by atoms with Crippen molar-refractivity contribution in [3.63, 3.8) is 0 Å². The van der Waals surface area contributed by atoms with Crippen molar-refractivity contribution in [1.29, 1.82) is 0 Å². The normalized spacial score (nSPS) is 12.4. The predicted octanol–water partition coefficient (Wildman–Crippen LogP) is 18.1. The molecule has 0 aliphatic rings. The van der Waals surface area contributed by atoms with Crippen molar-refractivity contribution in [2.24, 2.45) is 0 Å². The summed E-state index contributed by atoms with van der Waals surface area (Å²) in [6, 6.07) is 86.4.